The van der Waals surface area contributed by atoms with Crippen LogP contribution in [-0.4, -0.2) is 23.0 Å². The number of primary amides is 2. The fraction of sp³-hybridized carbons (Fsp3) is 0.333. The van der Waals surface area contributed by atoms with E-state index in [2.05, 4.69) is 5.32 Å². The molecule has 0 fully saturated rings. The summed E-state index contributed by atoms with van der Waals surface area (Å²) in [4.78, 5) is 21.8. The molecule has 1 aromatic rings. The summed E-state index contributed by atoms with van der Waals surface area (Å²) in [6.45, 7) is 0. The molecule has 98 valence electrons. The molecule has 2 atom stereocenters. The largest absolute Gasteiger partial charge is 0.374 e. The molecule has 0 spiro atoms. The molecule has 6 heteroatoms. The summed E-state index contributed by atoms with van der Waals surface area (Å²) in [6.07, 6.45) is -0.826. The van der Waals surface area contributed by atoms with Crippen molar-refractivity contribution in [3.63, 3.8) is 0 Å². The molecule has 0 radical (unpaired) electrons. The van der Waals surface area contributed by atoms with Crippen LogP contribution in [0.5, 0.6) is 0 Å². The van der Waals surface area contributed by atoms with Crippen LogP contribution in [-0.2, 0) is 9.59 Å². The zero-order valence-electron chi connectivity index (χ0n) is 9.87. The van der Waals surface area contributed by atoms with Gasteiger partial charge in [-0.25, -0.2) is 0 Å². The average Bonchev–Trinajstić information content (AvgIpc) is 2.34. The molecule has 18 heavy (non-hydrogen) atoms. The van der Waals surface area contributed by atoms with Crippen molar-refractivity contribution in [2.24, 2.45) is 11.5 Å². The third-order valence-corrected chi connectivity index (χ3v) is 2.50. The molecule has 0 aliphatic heterocycles. The van der Waals surface area contributed by atoms with Gasteiger partial charge >= 0.3 is 0 Å². The highest BCUT2D eigenvalue weighted by atomic mass is 16.3. The number of aliphatic hydroxyl groups excluding tert-OH is 1. The summed E-state index contributed by atoms with van der Waals surface area (Å²) >= 11 is 0. The molecular formula is C12H17N3O3. The van der Waals surface area contributed by atoms with Gasteiger partial charge in [0.1, 0.15) is 6.23 Å². The van der Waals surface area contributed by atoms with Gasteiger partial charge in [-0.05, 0) is 12.0 Å². The molecule has 1 aromatic carbocycles. The Labute approximate surface area is 105 Å². The highest BCUT2D eigenvalue weighted by Gasteiger charge is 2.19. The monoisotopic (exact) mass is 251 g/mol. The van der Waals surface area contributed by atoms with E-state index in [0.717, 1.165) is 0 Å². The van der Waals surface area contributed by atoms with Crippen LogP contribution in [0.4, 0.5) is 0 Å². The van der Waals surface area contributed by atoms with Gasteiger partial charge in [0.25, 0.3) is 0 Å². The number of nitrogens with one attached hydrogen (secondary N) is 1. The van der Waals surface area contributed by atoms with E-state index in [1.807, 2.05) is 6.07 Å². The molecule has 0 aromatic heterocycles. The Hall–Kier alpha value is -1.92. The first-order valence-electron chi connectivity index (χ1n) is 5.57. The average molecular weight is 251 g/mol. The Bertz CT molecular complexity index is 408. The summed E-state index contributed by atoms with van der Waals surface area (Å²) in [7, 11) is 0. The van der Waals surface area contributed by atoms with Crippen molar-refractivity contribution < 1.29 is 14.7 Å². The van der Waals surface area contributed by atoms with E-state index >= 15 is 0 Å². The normalized spacial score (nSPS) is 13.8. The summed E-state index contributed by atoms with van der Waals surface area (Å²) in [5.41, 5.74) is 10.8. The van der Waals surface area contributed by atoms with Crippen LogP contribution in [0.2, 0.25) is 0 Å². The predicted octanol–water partition coefficient (Wildman–Crippen LogP) is -0.614. The second kappa shape index (κ2) is 6.73. The first-order chi connectivity index (χ1) is 8.50. The van der Waals surface area contributed by atoms with Crippen molar-refractivity contribution in [2.75, 3.05) is 0 Å². The molecule has 0 aliphatic rings. The number of nitrogens with two attached hydrogens (primary N) is 2. The summed E-state index contributed by atoms with van der Waals surface area (Å²) in [5, 5.41) is 12.5. The standard InChI is InChI=1S/C12H17N3O3/c13-10(16)7-6-9(11(14)17)15-12(18)8-4-2-1-3-5-8/h1-5,9,12,15,18H,6-7H2,(H2,13,16)(H2,14,17). The lowest BCUT2D eigenvalue weighted by Gasteiger charge is -2.19. The molecule has 0 heterocycles. The van der Waals surface area contributed by atoms with E-state index in [-0.39, 0.29) is 12.8 Å². The molecule has 6 nitrogen and oxygen atoms in total. The molecule has 2 amide bonds. The van der Waals surface area contributed by atoms with Gasteiger partial charge in [-0.2, -0.15) is 0 Å². The van der Waals surface area contributed by atoms with E-state index in [9.17, 15) is 14.7 Å². The van der Waals surface area contributed by atoms with Gasteiger partial charge in [-0.3, -0.25) is 14.9 Å². The van der Waals surface area contributed by atoms with E-state index in [0.29, 0.717) is 5.56 Å². The lowest BCUT2D eigenvalue weighted by Crippen LogP contribution is -2.43. The minimum Gasteiger partial charge on any atom is -0.374 e. The third kappa shape index (κ3) is 4.52. The zero-order chi connectivity index (χ0) is 13.5. The summed E-state index contributed by atoms with van der Waals surface area (Å²) < 4.78 is 0. The van der Waals surface area contributed by atoms with E-state index < -0.39 is 24.1 Å². The number of hydrogen-bond donors (Lipinski definition) is 4. The van der Waals surface area contributed by atoms with E-state index in [1.165, 1.54) is 0 Å². The van der Waals surface area contributed by atoms with Crippen LogP contribution < -0.4 is 16.8 Å². The quantitative estimate of drug-likeness (QED) is 0.483. The molecule has 2 unspecified atom stereocenters. The van der Waals surface area contributed by atoms with Gasteiger partial charge < -0.3 is 16.6 Å². The van der Waals surface area contributed by atoms with E-state index in [1.54, 1.807) is 24.3 Å². The van der Waals surface area contributed by atoms with Gasteiger partial charge in [0, 0.05) is 6.42 Å². The lowest BCUT2D eigenvalue weighted by molar-refractivity contribution is -0.122. The second-order valence-corrected chi connectivity index (χ2v) is 3.94. The number of amides is 2. The summed E-state index contributed by atoms with van der Waals surface area (Å²) in [5.74, 6) is -1.15. The Morgan fingerprint density at radius 1 is 1.22 bits per heavy atom. The van der Waals surface area contributed by atoms with Crippen molar-refractivity contribution in [1.82, 2.24) is 5.32 Å². The number of benzene rings is 1. The van der Waals surface area contributed by atoms with E-state index in [4.69, 9.17) is 11.5 Å². The Morgan fingerprint density at radius 2 is 1.83 bits per heavy atom. The minimum absolute atomic E-state index is 0.0299. The van der Waals surface area contributed by atoms with Crippen LogP contribution >= 0.6 is 0 Å². The van der Waals surface area contributed by atoms with Crippen LogP contribution in [0.3, 0.4) is 0 Å². The van der Waals surface area contributed by atoms with Crippen molar-refractivity contribution in [1.29, 1.82) is 0 Å². The topological polar surface area (TPSA) is 118 Å². The highest BCUT2D eigenvalue weighted by molar-refractivity contribution is 5.81. The number of hydrogen-bond acceptors (Lipinski definition) is 4. The third-order valence-electron chi connectivity index (χ3n) is 2.50. The fourth-order valence-corrected chi connectivity index (χ4v) is 1.52. The van der Waals surface area contributed by atoms with Crippen LogP contribution in [0.25, 0.3) is 0 Å². The molecule has 0 aliphatic carbocycles. The molecule has 0 saturated carbocycles. The van der Waals surface area contributed by atoms with Gasteiger partial charge in [0.05, 0.1) is 6.04 Å². The van der Waals surface area contributed by atoms with Gasteiger partial charge in [0.2, 0.25) is 11.8 Å². The second-order valence-electron chi connectivity index (χ2n) is 3.94. The minimum atomic E-state index is -1.02. The number of carbonyl (C=O) groups excluding carboxylic acids is 2. The van der Waals surface area contributed by atoms with Crippen molar-refractivity contribution in [3.8, 4) is 0 Å². The highest BCUT2D eigenvalue weighted by Crippen LogP contribution is 2.11. The molecule has 1 rings (SSSR count). The van der Waals surface area contributed by atoms with Crippen molar-refractivity contribution in [2.45, 2.75) is 25.1 Å². The zero-order valence-corrected chi connectivity index (χ0v) is 9.87. The molecular weight excluding hydrogens is 234 g/mol. The maximum absolute atomic E-state index is 11.2. The Morgan fingerprint density at radius 3 is 2.33 bits per heavy atom. The maximum atomic E-state index is 11.2. The number of carbonyl (C=O) groups is 2. The molecule has 0 bridgehead atoms. The number of rotatable bonds is 7. The number of aliphatic hydroxyl groups is 1. The maximum Gasteiger partial charge on any atom is 0.234 e. The predicted molar refractivity (Wildman–Crippen MR) is 65.9 cm³/mol. The smallest absolute Gasteiger partial charge is 0.234 e. The van der Waals surface area contributed by atoms with Gasteiger partial charge in [-0.1, -0.05) is 30.3 Å². The molecule has 0 saturated heterocycles. The van der Waals surface area contributed by atoms with Crippen LogP contribution in [0.15, 0.2) is 30.3 Å². The Balaban J connectivity index is 2.60. The fourth-order valence-electron chi connectivity index (χ4n) is 1.52. The lowest BCUT2D eigenvalue weighted by atomic mass is 10.1. The molecule has 6 N–H and O–H groups in total. The van der Waals surface area contributed by atoms with Gasteiger partial charge in [-0.15, -0.1) is 0 Å². The van der Waals surface area contributed by atoms with Crippen LogP contribution in [0.1, 0.15) is 24.6 Å². The first-order valence-corrected chi connectivity index (χ1v) is 5.57. The van der Waals surface area contributed by atoms with Gasteiger partial charge in [0.15, 0.2) is 0 Å². The first kappa shape index (κ1) is 14.1. The van der Waals surface area contributed by atoms with Crippen molar-refractivity contribution >= 4 is 11.8 Å². The summed E-state index contributed by atoms with van der Waals surface area (Å²) in [6, 6.07) is 7.97. The van der Waals surface area contributed by atoms with Crippen LogP contribution in [0, 0.1) is 0 Å². The van der Waals surface area contributed by atoms with Crippen molar-refractivity contribution in [3.05, 3.63) is 35.9 Å². The Kier molecular flexibility index (Phi) is 5.29. The SMILES string of the molecule is NC(=O)CCC(NC(O)c1ccccc1)C(N)=O.